The van der Waals surface area contributed by atoms with Crippen molar-refractivity contribution in [3.63, 3.8) is 0 Å². The Morgan fingerprint density at radius 2 is 1.72 bits per heavy atom. The zero-order valence-electron chi connectivity index (χ0n) is 17.8. The van der Waals surface area contributed by atoms with Gasteiger partial charge in [-0.1, -0.05) is 43.3 Å². The van der Waals surface area contributed by atoms with Crippen LogP contribution in [0.2, 0.25) is 0 Å². The molecule has 1 aromatic heterocycles. The summed E-state index contributed by atoms with van der Waals surface area (Å²) in [6, 6.07) is 22.2. The lowest BCUT2D eigenvalue weighted by Crippen LogP contribution is -2.34. The first-order valence-corrected chi connectivity index (χ1v) is 10.7. The Bertz CT molecular complexity index is 1370. The summed E-state index contributed by atoms with van der Waals surface area (Å²) < 4.78 is 5.46. The van der Waals surface area contributed by atoms with Crippen molar-refractivity contribution in [1.29, 1.82) is 0 Å². The molecule has 0 aliphatic rings. The zero-order valence-corrected chi connectivity index (χ0v) is 18.6. The topological polar surface area (TPSA) is 71.3 Å². The number of para-hydroxylation sites is 1. The number of aryl methyl sites for hydroxylation is 2. The largest absolute Gasteiger partial charge is 0.422 e. The van der Waals surface area contributed by atoms with Gasteiger partial charge in [-0.2, -0.15) is 0 Å². The number of carbonyl (C=O) groups is 1. The van der Waals surface area contributed by atoms with E-state index in [9.17, 15) is 9.59 Å². The van der Waals surface area contributed by atoms with Crippen LogP contribution in [0.25, 0.3) is 22.1 Å². The van der Waals surface area contributed by atoms with Gasteiger partial charge >= 0.3 is 5.63 Å². The van der Waals surface area contributed by atoms with Crippen LogP contribution in [-0.2, 0) is 6.42 Å². The van der Waals surface area contributed by atoms with Crippen LogP contribution >= 0.6 is 12.2 Å². The third kappa shape index (κ3) is 4.60. The van der Waals surface area contributed by atoms with Crippen molar-refractivity contribution in [2.75, 3.05) is 5.32 Å². The highest BCUT2D eigenvalue weighted by molar-refractivity contribution is 7.80. The van der Waals surface area contributed by atoms with E-state index in [4.69, 9.17) is 16.6 Å². The van der Waals surface area contributed by atoms with Gasteiger partial charge in [-0.25, -0.2) is 4.79 Å². The number of anilines is 1. The summed E-state index contributed by atoms with van der Waals surface area (Å²) in [5.41, 5.74) is 4.75. The second-order valence-corrected chi connectivity index (χ2v) is 7.88. The number of amides is 1. The number of fused-ring (bicyclic) bond motifs is 1. The molecule has 0 unspecified atom stereocenters. The molecule has 0 bridgehead atoms. The van der Waals surface area contributed by atoms with Gasteiger partial charge in [-0.3, -0.25) is 10.1 Å². The normalized spacial score (nSPS) is 10.7. The van der Waals surface area contributed by atoms with Gasteiger partial charge in [0.15, 0.2) is 5.11 Å². The Hall–Kier alpha value is -3.77. The Kier molecular flexibility index (Phi) is 6.14. The van der Waals surface area contributed by atoms with Gasteiger partial charge in [0.2, 0.25) is 0 Å². The number of hydrogen-bond donors (Lipinski definition) is 2. The smallest absolute Gasteiger partial charge is 0.344 e. The highest BCUT2D eigenvalue weighted by atomic mass is 32.1. The lowest BCUT2D eigenvalue weighted by molar-refractivity contribution is 0.0977. The van der Waals surface area contributed by atoms with E-state index in [0.29, 0.717) is 22.4 Å². The van der Waals surface area contributed by atoms with Gasteiger partial charge in [-0.05, 0) is 78.7 Å². The average molecular weight is 443 g/mol. The van der Waals surface area contributed by atoms with E-state index >= 15 is 0 Å². The maximum Gasteiger partial charge on any atom is 0.344 e. The van der Waals surface area contributed by atoms with E-state index in [1.54, 1.807) is 18.2 Å². The first kappa shape index (κ1) is 21.5. The van der Waals surface area contributed by atoms with Crippen LogP contribution in [0.15, 0.2) is 82.0 Å². The number of hydrogen-bond acceptors (Lipinski definition) is 4. The fraction of sp³-hybridized carbons (Fsp3) is 0.115. The monoisotopic (exact) mass is 442 g/mol. The summed E-state index contributed by atoms with van der Waals surface area (Å²) in [6.45, 7) is 3.97. The molecule has 4 aromatic rings. The molecular formula is C26H22N2O3S. The lowest BCUT2D eigenvalue weighted by Gasteiger charge is -2.12. The maximum atomic E-state index is 12.5. The van der Waals surface area contributed by atoms with Crippen LogP contribution in [0.5, 0.6) is 0 Å². The Labute approximate surface area is 191 Å². The number of benzene rings is 3. The highest BCUT2D eigenvalue weighted by Gasteiger charge is 2.12. The summed E-state index contributed by atoms with van der Waals surface area (Å²) in [5, 5.41) is 6.78. The van der Waals surface area contributed by atoms with Crippen LogP contribution < -0.4 is 16.3 Å². The molecule has 2 N–H and O–H groups in total. The van der Waals surface area contributed by atoms with E-state index < -0.39 is 0 Å². The zero-order chi connectivity index (χ0) is 22.7. The summed E-state index contributed by atoms with van der Waals surface area (Å²) in [7, 11) is 0. The first-order chi connectivity index (χ1) is 15.4. The van der Waals surface area contributed by atoms with E-state index in [-0.39, 0.29) is 16.6 Å². The predicted molar refractivity (Wildman–Crippen MR) is 132 cm³/mol. The Balaban J connectivity index is 1.49. The Morgan fingerprint density at radius 3 is 2.44 bits per heavy atom. The molecule has 0 aliphatic carbocycles. The molecule has 0 aliphatic heterocycles. The third-order valence-corrected chi connectivity index (χ3v) is 5.47. The molecule has 1 amide bonds. The van der Waals surface area contributed by atoms with Crippen molar-refractivity contribution in [3.05, 3.63) is 99.9 Å². The molecule has 0 spiro atoms. The molecule has 0 atom stereocenters. The van der Waals surface area contributed by atoms with Crippen molar-refractivity contribution in [2.45, 2.75) is 20.3 Å². The fourth-order valence-electron chi connectivity index (χ4n) is 3.52. The van der Waals surface area contributed by atoms with Crippen molar-refractivity contribution < 1.29 is 9.21 Å². The first-order valence-electron chi connectivity index (χ1n) is 10.3. The van der Waals surface area contributed by atoms with Gasteiger partial charge in [0.05, 0.1) is 5.56 Å². The van der Waals surface area contributed by atoms with E-state index in [0.717, 1.165) is 22.9 Å². The number of nitrogens with one attached hydrogen (secondary N) is 2. The second-order valence-electron chi connectivity index (χ2n) is 7.47. The van der Waals surface area contributed by atoms with Crippen LogP contribution in [0, 0.1) is 6.92 Å². The van der Waals surface area contributed by atoms with E-state index in [1.165, 1.54) is 5.56 Å². The highest BCUT2D eigenvalue weighted by Crippen LogP contribution is 2.26. The summed E-state index contributed by atoms with van der Waals surface area (Å²) in [4.78, 5) is 24.9. The van der Waals surface area contributed by atoms with Gasteiger partial charge in [0.25, 0.3) is 5.91 Å². The van der Waals surface area contributed by atoms with Gasteiger partial charge < -0.3 is 9.73 Å². The number of thiocarbonyl (C=S) groups is 1. The minimum absolute atomic E-state index is 0.201. The van der Waals surface area contributed by atoms with Crippen molar-refractivity contribution >= 4 is 39.9 Å². The maximum absolute atomic E-state index is 12.5. The van der Waals surface area contributed by atoms with Gasteiger partial charge in [0, 0.05) is 16.6 Å². The molecule has 0 fully saturated rings. The summed E-state index contributed by atoms with van der Waals surface area (Å²) in [5.74, 6) is -0.271. The molecule has 1 heterocycles. The fourth-order valence-corrected chi connectivity index (χ4v) is 3.73. The molecule has 0 saturated heterocycles. The number of carbonyl (C=O) groups excluding carboxylic acids is 1. The molecule has 5 nitrogen and oxygen atoms in total. The molecule has 4 rings (SSSR count). The molecular weight excluding hydrogens is 420 g/mol. The average Bonchev–Trinajstić information content (AvgIpc) is 2.79. The van der Waals surface area contributed by atoms with Crippen molar-refractivity contribution in [1.82, 2.24) is 5.32 Å². The second kappa shape index (κ2) is 9.16. The third-order valence-electron chi connectivity index (χ3n) is 5.27. The summed E-state index contributed by atoms with van der Waals surface area (Å²) in [6.07, 6.45) is 0.915. The summed E-state index contributed by atoms with van der Waals surface area (Å²) >= 11 is 5.30. The van der Waals surface area contributed by atoms with Crippen LogP contribution in [0.3, 0.4) is 0 Å². The minimum atomic E-state index is -0.385. The molecule has 160 valence electrons. The molecule has 3 aromatic carbocycles. The number of rotatable bonds is 4. The van der Waals surface area contributed by atoms with Crippen molar-refractivity contribution in [2.24, 2.45) is 0 Å². The minimum Gasteiger partial charge on any atom is -0.422 e. The SMILES string of the molecule is CCc1ccc(C(=O)NC(=S)Nc2ccc(-c3cc4ccccc4oc3=O)c(C)c2)cc1. The van der Waals surface area contributed by atoms with Crippen LogP contribution in [0.1, 0.15) is 28.4 Å². The molecule has 0 radical (unpaired) electrons. The lowest BCUT2D eigenvalue weighted by atomic mass is 10.0. The van der Waals surface area contributed by atoms with Gasteiger partial charge in [0.1, 0.15) is 5.58 Å². The van der Waals surface area contributed by atoms with E-state index in [1.807, 2.05) is 61.5 Å². The van der Waals surface area contributed by atoms with Crippen molar-refractivity contribution in [3.8, 4) is 11.1 Å². The molecule has 0 saturated carbocycles. The van der Waals surface area contributed by atoms with E-state index in [2.05, 4.69) is 17.6 Å². The quantitative estimate of drug-likeness (QED) is 0.324. The van der Waals surface area contributed by atoms with Gasteiger partial charge in [-0.15, -0.1) is 0 Å². The van der Waals surface area contributed by atoms with Crippen LogP contribution in [-0.4, -0.2) is 11.0 Å². The Morgan fingerprint density at radius 1 is 0.969 bits per heavy atom. The van der Waals surface area contributed by atoms with Crippen LogP contribution in [0.4, 0.5) is 5.69 Å². The molecule has 32 heavy (non-hydrogen) atoms. The molecule has 6 heteroatoms. The standard InChI is InChI=1S/C26H22N2O3S/c1-3-17-8-10-18(11-9-17)24(29)28-26(32)27-20-12-13-21(16(2)14-20)22-15-19-6-4-5-7-23(19)31-25(22)30/h4-15H,3H2,1-2H3,(H2,27,28,29,32). The predicted octanol–water partition coefficient (Wildman–Crippen LogP) is 5.46.